The van der Waals surface area contributed by atoms with E-state index in [1.807, 2.05) is 12.1 Å². The van der Waals surface area contributed by atoms with Crippen molar-refractivity contribution in [3.63, 3.8) is 0 Å². The number of furan rings is 1. The van der Waals surface area contributed by atoms with E-state index in [1.54, 1.807) is 13.4 Å². The van der Waals surface area contributed by atoms with Crippen LogP contribution in [0.15, 0.2) is 22.8 Å². The SMILES string of the molecule is CO[C@H]1COC2(CCN(Cc3ccco3)CC2)C1. The summed E-state index contributed by atoms with van der Waals surface area (Å²) >= 11 is 0. The van der Waals surface area contributed by atoms with Crippen molar-refractivity contribution in [2.75, 3.05) is 26.8 Å². The molecule has 1 aromatic heterocycles. The number of methoxy groups -OCH3 is 1. The smallest absolute Gasteiger partial charge is 0.117 e. The molecule has 1 aromatic rings. The first-order chi connectivity index (χ1) is 8.80. The minimum atomic E-state index is 0.0837. The van der Waals surface area contributed by atoms with Gasteiger partial charge in [-0.2, -0.15) is 0 Å². The second kappa shape index (κ2) is 5.03. The Kier molecular flexibility index (Phi) is 3.41. The molecule has 0 saturated carbocycles. The van der Waals surface area contributed by atoms with Gasteiger partial charge in [0.05, 0.1) is 31.1 Å². The van der Waals surface area contributed by atoms with Crippen molar-refractivity contribution >= 4 is 0 Å². The van der Waals surface area contributed by atoms with Gasteiger partial charge in [0.1, 0.15) is 5.76 Å². The van der Waals surface area contributed by atoms with Crippen molar-refractivity contribution in [2.45, 2.75) is 37.5 Å². The number of rotatable bonds is 3. The van der Waals surface area contributed by atoms with Crippen LogP contribution in [0.5, 0.6) is 0 Å². The predicted octanol–water partition coefficient (Wildman–Crippen LogP) is 2.05. The highest BCUT2D eigenvalue weighted by molar-refractivity contribution is 5.00. The minimum absolute atomic E-state index is 0.0837. The fourth-order valence-corrected chi connectivity index (χ4v) is 3.04. The lowest BCUT2D eigenvalue weighted by molar-refractivity contribution is -0.0468. The zero-order valence-corrected chi connectivity index (χ0v) is 10.9. The summed E-state index contributed by atoms with van der Waals surface area (Å²) in [6.45, 7) is 3.83. The largest absolute Gasteiger partial charge is 0.468 e. The highest BCUT2D eigenvalue weighted by Gasteiger charge is 2.42. The van der Waals surface area contributed by atoms with E-state index in [0.29, 0.717) is 6.10 Å². The molecule has 2 saturated heterocycles. The molecule has 3 heterocycles. The Labute approximate surface area is 108 Å². The van der Waals surface area contributed by atoms with Crippen molar-refractivity contribution in [3.8, 4) is 0 Å². The molecule has 18 heavy (non-hydrogen) atoms. The van der Waals surface area contributed by atoms with Gasteiger partial charge in [-0.3, -0.25) is 4.90 Å². The molecule has 4 nitrogen and oxygen atoms in total. The van der Waals surface area contributed by atoms with Crippen molar-refractivity contribution < 1.29 is 13.9 Å². The lowest BCUT2D eigenvalue weighted by Crippen LogP contribution is -2.43. The molecule has 0 N–H and O–H groups in total. The molecule has 3 rings (SSSR count). The third kappa shape index (κ3) is 2.46. The molecule has 0 radical (unpaired) electrons. The quantitative estimate of drug-likeness (QED) is 0.823. The summed E-state index contributed by atoms with van der Waals surface area (Å²) in [5.41, 5.74) is 0.0837. The van der Waals surface area contributed by atoms with Crippen LogP contribution in [-0.2, 0) is 16.0 Å². The molecule has 4 heteroatoms. The number of ether oxygens (including phenoxy) is 2. The van der Waals surface area contributed by atoms with E-state index in [-0.39, 0.29) is 5.60 Å². The number of hydrogen-bond donors (Lipinski definition) is 0. The van der Waals surface area contributed by atoms with Crippen LogP contribution in [0.25, 0.3) is 0 Å². The number of piperidine rings is 1. The van der Waals surface area contributed by atoms with E-state index in [4.69, 9.17) is 13.9 Å². The van der Waals surface area contributed by atoms with Crippen LogP contribution in [0.4, 0.5) is 0 Å². The molecular weight excluding hydrogens is 230 g/mol. The van der Waals surface area contributed by atoms with Crippen molar-refractivity contribution in [1.82, 2.24) is 4.90 Å². The monoisotopic (exact) mass is 251 g/mol. The first-order valence-corrected chi connectivity index (χ1v) is 6.71. The van der Waals surface area contributed by atoms with E-state index in [9.17, 15) is 0 Å². The second-order valence-electron chi connectivity index (χ2n) is 5.41. The van der Waals surface area contributed by atoms with Gasteiger partial charge in [-0.1, -0.05) is 0 Å². The summed E-state index contributed by atoms with van der Waals surface area (Å²) in [5.74, 6) is 1.05. The fourth-order valence-electron chi connectivity index (χ4n) is 3.04. The number of nitrogens with zero attached hydrogens (tertiary/aromatic N) is 1. The Bertz CT molecular complexity index is 368. The molecule has 1 atom stereocenters. The lowest BCUT2D eigenvalue weighted by atomic mass is 9.88. The van der Waals surface area contributed by atoms with Gasteiger partial charge in [0.15, 0.2) is 0 Å². The normalized spacial score (nSPS) is 27.9. The summed E-state index contributed by atoms with van der Waals surface area (Å²) in [6, 6.07) is 3.99. The van der Waals surface area contributed by atoms with Crippen LogP contribution in [0.2, 0.25) is 0 Å². The molecular formula is C14H21NO3. The topological polar surface area (TPSA) is 34.8 Å². The van der Waals surface area contributed by atoms with Gasteiger partial charge in [0.25, 0.3) is 0 Å². The average Bonchev–Trinajstić information content (AvgIpc) is 3.03. The molecule has 0 aliphatic carbocycles. The number of likely N-dealkylation sites (tertiary alicyclic amines) is 1. The van der Waals surface area contributed by atoms with Crippen LogP contribution in [-0.4, -0.2) is 43.4 Å². The summed E-state index contributed by atoms with van der Waals surface area (Å²) < 4.78 is 16.8. The fraction of sp³-hybridized carbons (Fsp3) is 0.714. The Balaban J connectivity index is 1.52. The standard InChI is InChI=1S/C14H21NO3/c1-16-13-9-14(18-11-13)4-6-15(7-5-14)10-12-3-2-8-17-12/h2-3,8,13H,4-7,9-11H2,1H3/t13-/m1/s1. The van der Waals surface area contributed by atoms with Crippen LogP contribution in [0, 0.1) is 0 Å². The van der Waals surface area contributed by atoms with Crippen LogP contribution in [0.3, 0.4) is 0 Å². The Hall–Kier alpha value is -0.840. The molecule has 100 valence electrons. The van der Waals surface area contributed by atoms with E-state index in [2.05, 4.69) is 4.90 Å². The van der Waals surface area contributed by atoms with Crippen molar-refractivity contribution in [2.24, 2.45) is 0 Å². The molecule has 1 spiro atoms. The summed E-state index contributed by atoms with van der Waals surface area (Å²) in [4.78, 5) is 2.44. The zero-order valence-electron chi connectivity index (χ0n) is 10.9. The van der Waals surface area contributed by atoms with Gasteiger partial charge in [0.2, 0.25) is 0 Å². The highest BCUT2D eigenvalue weighted by atomic mass is 16.6. The third-order valence-electron chi connectivity index (χ3n) is 4.24. The first kappa shape index (κ1) is 12.2. The van der Waals surface area contributed by atoms with Gasteiger partial charge in [-0.15, -0.1) is 0 Å². The van der Waals surface area contributed by atoms with E-state index in [0.717, 1.165) is 51.3 Å². The molecule has 0 amide bonds. The van der Waals surface area contributed by atoms with Crippen LogP contribution in [0.1, 0.15) is 25.0 Å². The third-order valence-corrected chi connectivity index (χ3v) is 4.24. The highest BCUT2D eigenvalue weighted by Crippen LogP contribution is 2.37. The molecule has 2 aliphatic rings. The summed E-state index contributed by atoms with van der Waals surface area (Å²) in [7, 11) is 1.78. The van der Waals surface area contributed by atoms with Gasteiger partial charge in [-0.25, -0.2) is 0 Å². The minimum Gasteiger partial charge on any atom is -0.468 e. The maximum absolute atomic E-state index is 5.99. The summed E-state index contributed by atoms with van der Waals surface area (Å²) in [5, 5.41) is 0. The van der Waals surface area contributed by atoms with Crippen LogP contribution >= 0.6 is 0 Å². The Morgan fingerprint density at radius 1 is 1.44 bits per heavy atom. The van der Waals surface area contributed by atoms with E-state index < -0.39 is 0 Å². The van der Waals surface area contributed by atoms with Gasteiger partial charge in [0, 0.05) is 26.6 Å². The molecule has 2 fully saturated rings. The number of hydrogen-bond acceptors (Lipinski definition) is 4. The Morgan fingerprint density at radius 2 is 2.28 bits per heavy atom. The molecule has 0 unspecified atom stereocenters. The van der Waals surface area contributed by atoms with Gasteiger partial charge < -0.3 is 13.9 Å². The lowest BCUT2D eigenvalue weighted by Gasteiger charge is -2.38. The maximum atomic E-state index is 5.99. The first-order valence-electron chi connectivity index (χ1n) is 6.71. The second-order valence-corrected chi connectivity index (χ2v) is 5.41. The average molecular weight is 251 g/mol. The molecule has 0 bridgehead atoms. The maximum Gasteiger partial charge on any atom is 0.117 e. The van der Waals surface area contributed by atoms with E-state index in [1.165, 1.54) is 0 Å². The van der Waals surface area contributed by atoms with Crippen LogP contribution < -0.4 is 0 Å². The molecule has 0 aromatic carbocycles. The van der Waals surface area contributed by atoms with Gasteiger partial charge in [-0.05, 0) is 25.0 Å². The van der Waals surface area contributed by atoms with Crippen molar-refractivity contribution in [1.29, 1.82) is 0 Å². The van der Waals surface area contributed by atoms with Crippen molar-refractivity contribution in [3.05, 3.63) is 24.2 Å². The predicted molar refractivity (Wildman–Crippen MR) is 67.3 cm³/mol. The van der Waals surface area contributed by atoms with Gasteiger partial charge >= 0.3 is 0 Å². The van der Waals surface area contributed by atoms with E-state index >= 15 is 0 Å². The Morgan fingerprint density at radius 3 is 2.89 bits per heavy atom. The molecule has 2 aliphatic heterocycles. The zero-order chi connectivity index (χ0) is 12.4. The summed E-state index contributed by atoms with van der Waals surface area (Å²) in [6.07, 6.45) is 5.30.